The van der Waals surface area contributed by atoms with E-state index in [9.17, 15) is 9.18 Å². The molecule has 0 bridgehead atoms. The summed E-state index contributed by atoms with van der Waals surface area (Å²) in [5.41, 5.74) is 2.83. The zero-order valence-electron chi connectivity index (χ0n) is 14.6. The molecular weight excluding hydrogens is 347 g/mol. The molecule has 5 rings (SSSR count). The monoisotopic (exact) mass is 364 g/mol. The van der Waals surface area contributed by atoms with E-state index in [1.807, 2.05) is 24.3 Å². The first kappa shape index (κ1) is 16.0. The smallest absolute Gasteiger partial charge is 0.224 e. The van der Waals surface area contributed by atoms with Gasteiger partial charge in [0.1, 0.15) is 23.2 Å². The Bertz CT molecular complexity index is 1130. The van der Waals surface area contributed by atoms with Gasteiger partial charge in [-0.05, 0) is 37.6 Å². The Hall–Kier alpha value is -3.22. The minimum absolute atomic E-state index is 0.0543. The highest BCUT2D eigenvalue weighted by molar-refractivity contribution is 5.83. The quantitative estimate of drug-likeness (QED) is 0.576. The highest BCUT2D eigenvalue weighted by Gasteiger charge is 2.46. The maximum atomic E-state index is 13.3. The van der Waals surface area contributed by atoms with Crippen molar-refractivity contribution >= 4 is 28.0 Å². The van der Waals surface area contributed by atoms with Crippen LogP contribution < -0.4 is 5.32 Å². The van der Waals surface area contributed by atoms with E-state index in [1.54, 1.807) is 6.92 Å². The fourth-order valence-electron chi connectivity index (χ4n) is 3.42. The van der Waals surface area contributed by atoms with Crippen LogP contribution in [0.2, 0.25) is 0 Å². The third kappa shape index (κ3) is 2.85. The van der Waals surface area contributed by atoms with Gasteiger partial charge in [0.15, 0.2) is 5.58 Å². The number of aromatic nitrogens is 3. The zero-order valence-corrected chi connectivity index (χ0v) is 14.6. The average molecular weight is 364 g/mol. The van der Waals surface area contributed by atoms with Crippen LogP contribution in [0.25, 0.3) is 22.1 Å². The molecule has 0 aliphatic heterocycles. The van der Waals surface area contributed by atoms with Gasteiger partial charge in [-0.2, -0.15) is 0 Å². The lowest BCUT2D eigenvalue weighted by atomic mass is 10.2. The predicted octanol–water partition coefficient (Wildman–Crippen LogP) is 3.82. The molecule has 6 nitrogen and oxygen atoms in total. The Labute approximate surface area is 153 Å². The second-order valence-corrected chi connectivity index (χ2v) is 6.98. The lowest BCUT2D eigenvalue weighted by Gasteiger charge is -2.09. The summed E-state index contributed by atoms with van der Waals surface area (Å²) in [6, 6.07) is 11.6. The lowest BCUT2D eigenvalue weighted by molar-refractivity contribution is -0.123. The van der Waals surface area contributed by atoms with Gasteiger partial charge in [0.25, 0.3) is 0 Å². The van der Waals surface area contributed by atoms with Gasteiger partial charge in [0.05, 0.1) is 11.0 Å². The largest absolute Gasteiger partial charge is 0.438 e. The van der Waals surface area contributed by atoms with Crippen molar-refractivity contribution in [3.8, 4) is 0 Å². The number of fused-ring (bicyclic) bond motifs is 2. The Balaban J connectivity index is 1.28. The molecule has 2 N–H and O–H groups in total. The summed E-state index contributed by atoms with van der Waals surface area (Å²) < 4.78 is 18.9. The Morgan fingerprint density at radius 2 is 2.11 bits per heavy atom. The molecule has 0 spiro atoms. The fourth-order valence-corrected chi connectivity index (χ4v) is 3.42. The molecular formula is C20H17FN4O2. The minimum atomic E-state index is -0.398. The molecule has 1 amide bonds. The van der Waals surface area contributed by atoms with Gasteiger partial charge in [0.2, 0.25) is 11.8 Å². The van der Waals surface area contributed by atoms with E-state index in [2.05, 4.69) is 20.3 Å². The summed E-state index contributed by atoms with van der Waals surface area (Å²) in [6.07, 6.45) is 0.761. The number of aromatic amines is 1. The number of amides is 1. The summed E-state index contributed by atoms with van der Waals surface area (Å²) in [5, 5.41) is 2.94. The number of rotatable bonds is 4. The van der Waals surface area contributed by atoms with Gasteiger partial charge < -0.3 is 14.7 Å². The van der Waals surface area contributed by atoms with Crippen LogP contribution in [0.3, 0.4) is 0 Å². The molecule has 2 aromatic carbocycles. The summed E-state index contributed by atoms with van der Waals surface area (Å²) in [4.78, 5) is 24.7. The third-order valence-electron chi connectivity index (χ3n) is 4.98. The van der Waals surface area contributed by atoms with Crippen LogP contribution in [-0.2, 0) is 4.79 Å². The van der Waals surface area contributed by atoms with Crippen molar-refractivity contribution < 1.29 is 13.6 Å². The Morgan fingerprint density at radius 3 is 2.96 bits per heavy atom. The van der Waals surface area contributed by atoms with Gasteiger partial charge in [0, 0.05) is 17.9 Å². The number of hydrogen-bond acceptors (Lipinski definition) is 4. The number of halogens is 1. The fraction of sp³-hybridized carbons (Fsp3) is 0.250. The molecule has 136 valence electrons. The summed E-state index contributed by atoms with van der Waals surface area (Å²) in [5.74, 6) is 0.774. The highest BCUT2D eigenvalue weighted by atomic mass is 19.1. The normalized spacial score (nSPS) is 20.1. The van der Waals surface area contributed by atoms with E-state index in [-0.39, 0.29) is 23.6 Å². The number of imidazole rings is 1. The molecule has 1 aliphatic rings. The molecule has 1 aliphatic carbocycles. The molecule has 1 saturated carbocycles. The number of carbonyl (C=O) groups is 1. The van der Waals surface area contributed by atoms with Crippen LogP contribution in [0, 0.1) is 11.7 Å². The highest BCUT2D eigenvalue weighted by Crippen LogP contribution is 2.47. The number of H-pyrrole nitrogens is 1. The lowest BCUT2D eigenvalue weighted by Crippen LogP contribution is -2.28. The maximum Gasteiger partial charge on any atom is 0.224 e. The SMILES string of the molecule is CC(NC(=O)[C@H]1C[C@@H]1c1nc2ccccc2[nH]1)c1nc2cc(F)ccc2o1. The predicted molar refractivity (Wildman–Crippen MR) is 97.5 cm³/mol. The second kappa shape index (κ2) is 5.90. The van der Waals surface area contributed by atoms with Gasteiger partial charge in [-0.3, -0.25) is 4.79 Å². The van der Waals surface area contributed by atoms with Crippen LogP contribution in [0.5, 0.6) is 0 Å². The number of nitrogens with one attached hydrogen (secondary N) is 2. The van der Waals surface area contributed by atoms with Crippen molar-refractivity contribution in [2.45, 2.75) is 25.3 Å². The Kier molecular flexibility index (Phi) is 3.50. The summed E-state index contributed by atoms with van der Waals surface area (Å²) in [6.45, 7) is 1.80. The van der Waals surface area contributed by atoms with E-state index >= 15 is 0 Å². The zero-order chi connectivity index (χ0) is 18.5. The molecule has 27 heavy (non-hydrogen) atoms. The van der Waals surface area contributed by atoms with Gasteiger partial charge in [-0.25, -0.2) is 14.4 Å². The molecule has 3 atom stereocenters. The number of hydrogen-bond donors (Lipinski definition) is 2. The molecule has 2 aromatic heterocycles. The summed E-state index contributed by atoms with van der Waals surface area (Å²) >= 11 is 0. The molecule has 1 unspecified atom stereocenters. The number of benzene rings is 2. The van der Waals surface area contributed by atoms with Crippen molar-refractivity contribution in [1.29, 1.82) is 0 Å². The number of oxazole rings is 1. The van der Waals surface area contributed by atoms with Crippen LogP contribution in [0.4, 0.5) is 4.39 Å². The van der Waals surface area contributed by atoms with Crippen molar-refractivity contribution in [2.75, 3.05) is 0 Å². The molecule has 0 saturated heterocycles. The third-order valence-corrected chi connectivity index (χ3v) is 4.98. The van der Waals surface area contributed by atoms with Gasteiger partial charge >= 0.3 is 0 Å². The molecule has 0 radical (unpaired) electrons. The van der Waals surface area contributed by atoms with E-state index in [0.717, 1.165) is 23.3 Å². The summed E-state index contributed by atoms with van der Waals surface area (Å²) in [7, 11) is 0. The first-order chi connectivity index (χ1) is 13.1. The number of para-hydroxylation sites is 2. The molecule has 2 heterocycles. The molecule has 7 heteroatoms. The molecule has 4 aromatic rings. The van der Waals surface area contributed by atoms with Crippen LogP contribution in [-0.4, -0.2) is 20.9 Å². The standard InChI is InChI=1S/C20H17FN4O2/c1-10(20-25-16-8-11(21)6-7-17(16)27-20)22-19(26)13-9-12(13)18-23-14-4-2-3-5-15(14)24-18/h2-8,10,12-13H,9H2,1H3,(H,22,26)(H,23,24)/t10?,12-,13-/m0/s1. The Morgan fingerprint density at radius 1 is 1.26 bits per heavy atom. The minimum Gasteiger partial charge on any atom is -0.438 e. The van der Waals surface area contributed by atoms with Crippen molar-refractivity contribution in [3.05, 3.63) is 60.0 Å². The van der Waals surface area contributed by atoms with Crippen LogP contribution in [0.15, 0.2) is 46.9 Å². The first-order valence-electron chi connectivity index (χ1n) is 8.89. The number of carbonyl (C=O) groups excluding carboxylic acids is 1. The van der Waals surface area contributed by atoms with Gasteiger partial charge in [-0.15, -0.1) is 0 Å². The van der Waals surface area contributed by atoms with E-state index in [1.165, 1.54) is 18.2 Å². The van der Waals surface area contributed by atoms with E-state index < -0.39 is 6.04 Å². The van der Waals surface area contributed by atoms with Crippen LogP contribution >= 0.6 is 0 Å². The maximum absolute atomic E-state index is 13.3. The first-order valence-corrected chi connectivity index (χ1v) is 8.89. The molecule has 1 fully saturated rings. The van der Waals surface area contributed by atoms with Gasteiger partial charge in [-0.1, -0.05) is 12.1 Å². The van der Waals surface area contributed by atoms with Crippen LogP contribution in [0.1, 0.15) is 37.0 Å². The van der Waals surface area contributed by atoms with Crippen molar-refractivity contribution in [3.63, 3.8) is 0 Å². The second-order valence-electron chi connectivity index (χ2n) is 6.98. The van der Waals surface area contributed by atoms with E-state index in [4.69, 9.17) is 4.42 Å². The topological polar surface area (TPSA) is 83.8 Å². The average Bonchev–Trinajstić information content (AvgIpc) is 3.16. The van der Waals surface area contributed by atoms with E-state index in [0.29, 0.717) is 17.0 Å². The van der Waals surface area contributed by atoms with Crippen molar-refractivity contribution in [2.24, 2.45) is 5.92 Å². The van der Waals surface area contributed by atoms with Crippen molar-refractivity contribution in [1.82, 2.24) is 20.3 Å². The number of nitrogens with zero attached hydrogens (tertiary/aromatic N) is 2.